The van der Waals surface area contributed by atoms with Crippen molar-refractivity contribution in [3.63, 3.8) is 0 Å². The average molecular weight is 406 g/mol. The first-order valence-corrected chi connectivity index (χ1v) is 11.0. The third kappa shape index (κ3) is 5.08. The molecular formula is C22H32FN3O3. The zero-order valence-electron chi connectivity index (χ0n) is 17.0. The Balaban J connectivity index is 1.26. The van der Waals surface area contributed by atoms with Gasteiger partial charge in [-0.25, -0.2) is 4.39 Å². The van der Waals surface area contributed by atoms with Gasteiger partial charge in [0, 0.05) is 31.2 Å². The van der Waals surface area contributed by atoms with E-state index in [4.69, 9.17) is 4.74 Å². The minimum absolute atomic E-state index is 0.0251. The molecule has 1 atom stereocenters. The maximum atomic E-state index is 14.5. The topological polar surface area (TPSA) is 65.0 Å². The summed E-state index contributed by atoms with van der Waals surface area (Å²) in [5.74, 6) is -0.230. The number of ether oxygens (including phenoxy) is 1. The van der Waals surface area contributed by atoms with Gasteiger partial charge in [-0.3, -0.25) is 9.69 Å². The molecule has 1 aliphatic carbocycles. The normalized spacial score (nSPS) is 24.4. The van der Waals surface area contributed by atoms with Gasteiger partial charge in [-0.05, 0) is 57.2 Å². The van der Waals surface area contributed by atoms with Gasteiger partial charge in [-0.1, -0.05) is 6.42 Å². The van der Waals surface area contributed by atoms with Crippen LogP contribution in [0.3, 0.4) is 0 Å². The number of nitrogens with zero attached hydrogens (tertiary/aromatic N) is 2. The van der Waals surface area contributed by atoms with E-state index in [1.807, 2.05) is 4.90 Å². The lowest BCUT2D eigenvalue weighted by molar-refractivity contribution is -0.117. The molecule has 1 amide bonds. The lowest BCUT2D eigenvalue weighted by atomic mass is 9.90. The largest absolute Gasteiger partial charge is 0.490 e. The number of carbonyl (C=O) groups is 1. The summed E-state index contributed by atoms with van der Waals surface area (Å²) in [6.45, 7) is 3.11. The number of anilines is 1. The Morgan fingerprint density at radius 2 is 1.93 bits per heavy atom. The van der Waals surface area contributed by atoms with E-state index in [2.05, 4.69) is 10.2 Å². The molecule has 0 radical (unpaired) electrons. The summed E-state index contributed by atoms with van der Waals surface area (Å²) in [6.07, 6.45) is 7.92. The van der Waals surface area contributed by atoms with E-state index in [0.717, 1.165) is 51.4 Å². The lowest BCUT2D eigenvalue weighted by Crippen LogP contribution is -2.46. The van der Waals surface area contributed by atoms with Crippen LogP contribution in [0.15, 0.2) is 18.2 Å². The van der Waals surface area contributed by atoms with E-state index >= 15 is 0 Å². The van der Waals surface area contributed by atoms with Crippen molar-refractivity contribution < 1.29 is 19.0 Å². The van der Waals surface area contributed by atoms with Crippen LogP contribution in [0.4, 0.5) is 10.1 Å². The highest BCUT2D eigenvalue weighted by molar-refractivity contribution is 5.92. The van der Waals surface area contributed by atoms with Crippen LogP contribution in [0.2, 0.25) is 0 Å². The molecular weight excluding hydrogens is 373 g/mol. The second-order valence-corrected chi connectivity index (χ2v) is 8.58. The molecule has 29 heavy (non-hydrogen) atoms. The standard InChI is InChI=1S/C22H32FN3O3/c23-20-13-19(29-18-8-11-25(12-9-18)16-3-1-4-16)6-7-21(20)24-22(28)14-26-10-2-5-17(26)15-27/h6-7,13,16-18,27H,1-5,8-12,14-15H2,(H,24,28). The van der Waals surface area contributed by atoms with Crippen LogP contribution in [-0.2, 0) is 4.79 Å². The molecule has 1 aromatic rings. The number of hydrogen-bond donors (Lipinski definition) is 2. The van der Waals surface area contributed by atoms with Crippen molar-refractivity contribution in [2.75, 3.05) is 38.1 Å². The Morgan fingerprint density at radius 1 is 1.14 bits per heavy atom. The first-order valence-electron chi connectivity index (χ1n) is 11.0. The molecule has 3 fully saturated rings. The van der Waals surface area contributed by atoms with Gasteiger partial charge in [0.2, 0.25) is 5.91 Å². The second-order valence-electron chi connectivity index (χ2n) is 8.58. The number of nitrogens with one attached hydrogen (secondary N) is 1. The van der Waals surface area contributed by atoms with Crippen LogP contribution < -0.4 is 10.1 Å². The number of aliphatic hydroxyl groups excluding tert-OH is 1. The fraction of sp³-hybridized carbons (Fsp3) is 0.682. The molecule has 0 spiro atoms. The summed E-state index contributed by atoms with van der Waals surface area (Å²) >= 11 is 0. The number of halogens is 1. The molecule has 1 saturated carbocycles. The summed E-state index contributed by atoms with van der Waals surface area (Å²) in [6, 6.07) is 5.45. The molecule has 0 aromatic heterocycles. The zero-order chi connectivity index (χ0) is 20.2. The van der Waals surface area contributed by atoms with Gasteiger partial charge in [0.05, 0.1) is 18.8 Å². The highest BCUT2D eigenvalue weighted by Gasteiger charge is 2.29. The first-order chi connectivity index (χ1) is 14.1. The van der Waals surface area contributed by atoms with Crippen molar-refractivity contribution in [1.29, 1.82) is 0 Å². The molecule has 160 valence electrons. The second kappa shape index (κ2) is 9.41. The molecule has 1 aromatic carbocycles. The summed E-state index contributed by atoms with van der Waals surface area (Å²) in [4.78, 5) is 16.8. The van der Waals surface area contributed by atoms with Crippen LogP contribution in [0, 0.1) is 5.82 Å². The third-order valence-electron chi connectivity index (χ3n) is 6.64. The minimum atomic E-state index is -0.483. The highest BCUT2D eigenvalue weighted by Crippen LogP contribution is 2.29. The number of rotatable bonds is 7. The van der Waals surface area contributed by atoms with Crippen LogP contribution in [0.1, 0.15) is 44.9 Å². The van der Waals surface area contributed by atoms with Gasteiger partial charge in [0.25, 0.3) is 0 Å². The van der Waals surface area contributed by atoms with Crippen molar-refractivity contribution in [3.05, 3.63) is 24.0 Å². The smallest absolute Gasteiger partial charge is 0.238 e. The van der Waals surface area contributed by atoms with Gasteiger partial charge in [0.15, 0.2) is 0 Å². The number of aliphatic hydroxyl groups is 1. The SMILES string of the molecule is O=C(CN1CCCC1CO)Nc1ccc(OC2CCN(C3CCC3)CC2)cc1F. The molecule has 6 nitrogen and oxygen atoms in total. The molecule has 7 heteroatoms. The molecule has 0 bridgehead atoms. The van der Waals surface area contributed by atoms with E-state index in [9.17, 15) is 14.3 Å². The zero-order valence-corrected chi connectivity index (χ0v) is 17.0. The van der Waals surface area contributed by atoms with Crippen LogP contribution in [0.25, 0.3) is 0 Å². The lowest BCUT2D eigenvalue weighted by Gasteiger charge is -2.41. The molecule has 2 saturated heterocycles. The van der Waals surface area contributed by atoms with E-state index in [1.54, 1.807) is 12.1 Å². The van der Waals surface area contributed by atoms with E-state index in [0.29, 0.717) is 5.75 Å². The number of amides is 1. The van der Waals surface area contributed by atoms with Crippen LogP contribution in [-0.4, -0.2) is 71.8 Å². The van der Waals surface area contributed by atoms with E-state index in [-0.39, 0.29) is 36.9 Å². The summed E-state index contributed by atoms with van der Waals surface area (Å²) in [5, 5.41) is 12.0. The van der Waals surface area contributed by atoms with Gasteiger partial charge in [-0.2, -0.15) is 0 Å². The van der Waals surface area contributed by atoms with Gasteiger partial charge >= 0.3 is 0 Å². The molecule has 1 unspecified atom stereocenters. The predicted octanol–water partition coefficient (Wildman–Crippen LogP) is 2.62. The first kappa shape index (κ1) is 20.6. The minimum Gasteiger partial charge on any atom is -0.490 e. The third-order valence-corrected chi connectivity index (χ3v) is 6.64. The maximum Gasteiger partial charge on any atom is 0.238 e. The predicted molar refractivity (Wildman–Crippen MR) is 110 cm³/mol. The average Bonchev–Trinajstić information content (AvgIpc) is 3.11. The Hall–Kier alpha value is -1.70. The molecule has 3 aliphatic rings. The highest BCUT2D eigenvalue weighted by atomic mass is 19.1. The molecule has 2 N–H and O–H groups in total. The molecule has 2 aliphatic heterocycles. The van der Waals surface area contributed by atoms with Gasteiger partial charge in [-0.15, -0.1) is 0 Å². The fourth-order valence-electron chi connectivity index (χ4n) is 4.66. The van der Waals surface area contributed by atoms with Gasteiger partial charge in [0.1, 0.15) is 17.7 Å². The monoisotopic (exact) mass is 405 g/mol. The molecule has 2 heterocycles. The fourth-order valence-corrected chi connectivity index (χ4v) is 4.66. The Morgan fingerprint density at radius 3 is 2.59 bits per heavy atom. The van der Waals surface area contributed by atoms with Crippen molar-refractivity contribution in [2.45, 2.75) is 63.1 Å². The number of hydrogen-bond acceptors (Lipinski definition) is 5. The van der Waals surface area contributed by atoms with Crippen molar-refractivity contribution in [1.82, 2.24) is 9.80 Å². The number of carbonyl (C=O) groups excluding carboxylic acids is 1. The Labute approximate surface area is 172 Å². The number of likely N-dealkylation sites (tertiary alicyclic amines) is 2. The van der Waals surface area contributed by atoms with Crippen LogP contribution >= 0.6 is 0 Å². The van der Waals surface area contributed by atoms with Crippen molar-refractivity contribution >= 4 is 11.6 Å². The summed E-state index contributed by atoms with van der Waals surface area (Å²) < 4.78 is 20.5. The van der Waals surface area contributed by atoms with Gasteiger partial charge < -0.3 is 20.1 Å². The summed E-state index contributed by atoms with van der Waals surface area (Å²) in [7, 11) is 0. The summed E-state index contributed by atoms with van der Waals surface area (Å²) in [5.41, 5.74) is 0.168. The number of piperidine rings is 1. The molecule has 4 rings (SSSR count). The van der Waals surface area contributed by atoms with Crippen molar-refractivity contribution in [3.8, 4) is 5.75 Å². The van der Waals surface area contributed by atoms with Crippen molar-refractivity contribution in [2.24, 2.45) is 0 Å². The maximum absolute atomic E-state index is 14.5. The number of benzene rings is 1. The Bertz CT molecular complexity index is 705. The quantitative estimate of drug-likeness (QED) is 0.730. The van der Waals surface area contributed by atoms with E-state index < -0.39 is 5.82 Å². The van der Waals surface area contributed by atoms with Crippen LogP contribution in [0.5, 0.6) is 5.75 Å². The Kier molecular flexibility index (Phi) is 6.67. The van der Waals surface area contributed by atoms with E-state index in [1.165, 1.54) is 25.3 Å².